The van der Waals surface area contributed by atoms with Crippen molar-refractivity contribution in [3.63, 3.8) is 0 Å². The predicted octanol–water partition coefficient (Wildman–Crippen LogP) is -3.26. The minimum atomic E-state index is -3.63. The van der Waals surface area contributed by atoms with Gasteiger partial charge in [-0.15, -0.1) is 0 Å². The van der Waals surface area contributed by atoms with Crippen LogP contribution in [0.1, 0.15) is 0 Å². The van der Waals surface area contributed by atoms with Crippen molar-refractivity contribution in [1.29, 1.82) is 0 Å². The van der Waals surface area contributed by atoms with Crippen LogP contribution in [0, 0.1) is 35.6 Å². The van der Waals surface area contributed by atoms with E-state index in [1.165, 1.54) is 0 Å². The molecule has 0 unspecified atom stereocenters. The molecule has 0 amide bonds. The molecule has 0 fully saturated rings. The molecule has 24 valence electrons. The summed E-state index contributed by atoms with van der Waals surface area (Å²) in [6, 6.07) is 0. The van der Waals surface area contributed by atoms with Gasteiger partial charge in [-0.3, -0.25) is 0 Å². The molecule has 0 saturated heterocycles. The smallest absolute Gasteiger partial charge is 0.672 e. The van der Waals surface area contributed by atoms with Crippen molar-refractivity contribution in [2.24, 2.45) is 0 Å². The van der Waals surface area contributed by atoms with Gasteiger partial charge in [0.15, 0.2) is 0 Å². The molecular weight excluding hydrogens is 242 g/mol. The van der Waals surface area contributed by atoms with Crippen LogP contribution in [0.25, 0.3) is 0 Å². The molecule has 0 atom stereocenters. The van der Waals surface area contributed by atoms with Crippen molar-refractivity contribution in [1.82, 2.24) is 0 Å². The van der Waals surface area contributed by atoms with Gasteiger partial charge in [-0.1, -0.05) is 0 Å². The molecule has 0 heterocycles. The maximum atomic E-state index is 8.52. The van der Waals surface area contributed by atoms with Crippen molar-refractivity contribution in [3.05, 3.63) is 0 Å². The number of rotatable bonds is 0. The summed E-state index contributed by atoms with van der Waals surface area (Å²) < 4.78 is 8.52. The van der Waals surface area contributed by atoms with Gasteiger partial charge < -0.3 is 14.1 Å². The number of hydrogen-bond donors (Lipinski definition) is 0. The van der Waals surface area contributed by atoms with Gasteiger partial charge in [0.2, 0.25) is 0 Å². The second kappa shape index (κ2) is 9.60. The third-order valence-electron chi connectivity index (χ3n) is 0. The second-order valence-corrected chi connectivity index (χ2v) is 0.750. The molecule has 0 radical (unpaired) electrons. The first-order valence-electron chi connectivity index (χ1n) is 0.612. The van der Waals surface area contributed by atoms with Crippen molar-refractivity contribution in [2.75, 3.05) is 0 Å². The largest absolute Gasteiger partial charge is 3.00 e. The van der Waals surface area contributed by atoms with Crippen molar-refractivity contribution >= 4 is 26.5 Å². The van der Waals surface area contributed by atoms with Gasteiger partial charge in [-0.05, 0) is 0 Å². The van der Waals surface area contributed by atoms with E-state index in [4.69, 9.17) is 14.1 Å². The Labute approximate surface area is 75.4 Å². The van der Waals surface area contributed by atoms with Crippen LogP contribution in [-0.2, 0) is 4.46 Å². The Morgan fingerprint density at radius 3 is 1.33 bits per heavy atom. The van der Waals surface area contributed by atoms with Gasteiger partial charge in [-0.2, -0.15) is 0 Å². The molecule has 6 heavy (non-hydrogen) atoms. The van der Waals surface area contributed by atoms with Crippen molar-refractivity contribution in [2.45, 2.75) is 0 Å². The maximum absolute atomic E-state index is 8.52. The van der Waals surface area contributed by atoms with Gasteiger partial charge in [0.25, 0.3) is 0 Å². The summed E-state index contributed by atoms with van der Waals surface area (Å²) in [6.07, 6.45) is 0. The van der Waals surface area contributed by atoms with Gasteiger partial charge in [-0.25, -0.2) is 0 Å². The second-order valence-electron chi connectivity index (χ2n) is 0.250. The summed E-state index contributed by atoms with van der Waals surface area (Å²) >= 11 is 0. The zero-order chi connectivity index (χ0) is 3.58. The first-order valence-corrected chi connectivity index (χ1v) is 1.84. The van der Waals surface area contributed by atoms with Crippen LogP contribution in [0.5, 0.6) is 0 Å². The normalized spacial score (nSPS) is 4.00. The van der Waals surface area contributed by atoms with E-state index in [2.05, 4.69) is 0 Å². The van der Waals surface area contributed by atoms with E-state index in [0.29, 0.717) is 0 Å². The molecule has 0 aromatic carbocycles. The Bertz CT molecular complexity index is 33.8. The van der Waals surface area contributed by atoms with Crippen LogP contribution >= 0.6 is 0 Å². The van der Waals surface area contributed by atoms with Crippen molar-refractivity contribution in [3.8, 4) is 0 Å². The average molecular weight is 242 g/mol. The Kier molecular flexibility index (Phi) is 25.1. The van der Waals surface area contributed by atoms with E-state index < -0.39 is 9.17 Å². The molecule has 0 saturated carbocycles. The Morgan fingerprint density at radius 2 is 1.33 bits per heavy atom. The summed E-state index contributed by atoms with van der Waals surface area (Å²) in [7, 11) is -3.63. The molecule has 0 bridgehead atoms. The molecule has 0 rings (SSSR count). The Morgan fingerprint density at radius 1 is 1.33 bits per heavy atom. The van der Waals surface area contributed by atoms with E-state index in [1.54, 1.807) is 0 Å². The minimum Gasteiger partial charge on any atom is -0.672 e. The maximum Gasteiger partial charge on any atom is 3.00 e. The first kappa shape index (κ1) is 15.7. The van der Waals surface area contributed by atoms with Crippen LogP contribution < -0.4 is 9.59 Å². The fraction of sp³-hybridized carbons (Fsp3) is 0. The zero-order valence-electron chi connectivity index (χ0n) is 2.88. The standard InChI is InChI=1S/Al.La.O3Si/c;;1-4(2)3/q2*+3;-2. The van der Waals surface area contributed by atoms with E-state index in [-0.39, 0.29) is 53.0 Å². The predicted molar refractivity (Wildman–Crippen MR) is 12.2 cm³/mol. The molecule has 0 aliphatic carbocycles. The van der Waals surface area contributed by atoms with Crippen LogP contribution in [0.15, 0.2) is 0 Å². The molecule has 6 heteroatoms. The SMILES string of the molecule is O=[Si]([O-])[O-].[Al+3].[La+3]. The third kappa shape index (κ3) is 55.8. The fourth-order valence-corrected chi connectivity index (χ4v) is 0. The van der Waals surface area contributed by atoms with E-state index in [0.717, 1.165) is 0 Å². The van der Waals surface area contributed by atoms with Gasteiger partial charge in [0.1, 0.15) is 0 Å². The van der Waals surface area contributed by atoms with Crippen LogP contribution in [-0.4, -0.2) is 26.5 Å². The quantitative estimate of drug-likeness (QED) is 0.419. The first-order chi connectivity index (χ1) is 1.73. The van der Waals surface area contributed by atoms with E-state index >= 15 is 0 Å². The molecule has 0 aromatic heterocycles. The summed E-state index contributed by atoms with van der Waals surface area (Å²) in [6.45, 7) is 0. The molecule has 0 N–H and O–H groups in total. The molecule has 0 aliphatic heterocycles. The van der Waals surface area contributed by atoms with Crippen molar-refractivity contribution < 1.29 is 49.7 Å². The van der Waals surface area contributed by atoms with Crippen LogP contribution in [0.2, 0.25) is 0 Å². The van der Waals surface area contributed by atoms with Crippen LogP contribution in [0.4, 0.5) is 0 Å². The summed E-state index contributed by atoms with van der Waals surface area (Å²) in [5.41, 5.74) is 0. The molecule has 0 aliphatic rings. The van der Waals surface area contributed by atoms with Gasteiger partial charge in [0, 0.05) is 9.17 Å². The monoisotopic (exact) mass is 242 g/mol. The fourth-order valence-electron chi connectivity index (χ4n) is 0. The molecule has 0 aromatic rings. The minimum absolute atomic E-state index is 0. The topological polar surface area (TPSA) is 63.2 Å². The number of hydrogen-bond acceptors (Lipinski definition) is 3. The van der Waals surface area contributed by atoms with E-state index in [9.17, 15) is 0 Å². The summed E-state index contributed by atoms with van der Waals surface area (Å²) in [5.74, 6) is 0. The van der Waals surface area contributed by atoms with Crippen LogP contribution in [0.3, 0.4) is 0 Å². The Hall–Kier alpha value is 1.34. The van der Waals surface area contributed by atoms with Gasteiger partial charge in [0.05, 0.1) is 0 Å². The molecule has 3 nitrogen and oxygen atoms in total. The Balaban J connectivity index is -0.0000000450. The summed E-state index contributed by atoms with van der Waals surface area (Å²) in [4.78, 5) is 17.0. The third-order valence-corrected chi connectivity index (χ3v) is 0. The van der Waals surface area contributed by atoms with Gasteiger partial charge >= 0.3 is 53.0 Å². The molecule has 0 spiro atoms. The zero-order valence-corrected chi connectivity index (χ0v) is 8.66. The molecular formula is AlLaO3Si+4. The van der Waals surface area contributed by atoms with E-state index in [1.807, 2.05) is 0 Å². The summed E-state index contributed by atoms with van der Waals surface area (Å²) in [5, 5.41) is 0. The average Bonchev–Trinajstić information content (AvgIpc) is 0.811.